The van der Waals surface area contributed by atoms with Crippen molar-refractivity contribution in [1.29, 1.82) is 0 Å². The van der Waals surface area contributed by atoms with Gasteiger partial charge in [0.05, 0.1) is 6.54 Å². The van der Waals surface area contributed by atoms with Crippen molar-refractivity contribution in [1.82, 2.24) is 5.06 Å². The monoisotopic (exact) mass is 360 g/mol. The van der Waals surface area contributed by atoms with Crippen molar-refractivity contribution in [2.24, 2.45) is 5.73 Å². The lowest BCUT2D eigenvalue weighted by molar-refractivity contribution is -0.0571. The van der Waals surface area contributed by atoms with E-state index in [1.165, 1.54) is 0 Å². The summed E-state index contributed by atoms with van der Waals surface area (Å²) in [6.45, 7) is 0.199. The van der Waals surface area contributed by atoms with Gasteiger partial charge in [-0.25, -0.2) is 5.06 Å². The minimum absolute atomic E-state index is 0.199. The van der Waals surface area contributed by atoms with Crippen molar-refractivity contribution >= 4 is 11.8 Å². The molecule has 5 nitrogen and oxygen atoms in total. The molecule has 0 saturated heterocycles. The quantitative estimate of drug-likeness (QED) is 0.521. The summed E-state index contributed by atoms with van der Waals surface area (Å²) in [7, 11) is 0. The number of nitrogens with two attached hydrogens (primary N) is 1. The van der Waals surface area contributed by atoms with Crippen LogP contribution in [-0.2, 0) is 6.42 Å². The molecule has 27 heavy (non-hydrogen) atoms. The highest BCUT2D eigenvalue weighted by atomic mass is 16.5. The Bertz CT molecular complexity index is 955. The van der Waals surface area contributed by atoms with Gasteiger partial charge in [0, 0.05) is 11.1 Å². The number of hydroxylamine groups is 2. The lowest BCUT2D eigenvalue weighted by atomic mass is 10.0. The molecule has 0 radical (unpaired) electrons. The fraction of sp³-hybridized carbons (Fsp3) is 0.0909. The Morgan fingerprint density at radius 2 is 1.41 bits per heavy atom. The molecule has 0 unspecified atom stereocenters. The van der Waals surface area contributed by atoms with Crippen LogP contribution in [0.1, 0.15) is 26.3 Å². The van der Waals surface area contributed by atoms with Crippen LogP contribution in [0.3, 0.4) is 0 Å². The van der Waals surface area contributed by atoms with Gasteiger partial charge in [0.2, 0.25) is 5.91 Å². The van der Waals surface area contributed by atoms with E-state index in [2.05, 4.69) is 0 Å². The van der Waals surface area contributed by atoms with Crippen LogP contribution in [0.4, 0.5) is 0 Å². The minimum Gasteiger partial charge on any atom is -0.366 e. The maximum atomic E-state index is 12.5. The lowest BCUT2D eigenvalue weighted by Gasteiger charge is -2.15. The molecule has 3 aromatic carbocycles. The summed E-state index contributed by atoms with van der Waals surface area (Å²) in [6.07, 6.45) is 0.559. The maximum absolute atomic E-state index is 12.5. The Balaban J connectivity index is 1.75. The number of hydrogen-bond acceptors (Lipinski definition) is 3. The summed E-state index contributed by atoms with van der Waals surface area (Å²) in [5, 5.41) is 10.9. The zero-order chi connectivity index (χ0) is 19.2. The zero-order valence-corrected chi connectivity index (χ0v) is 14.7. The normalized spacial score (nSPS) is 10.4. The van der Waals surface area contributed by atoms with Gasteiger partial charge < -0.3 is 5.73 Å². The van der Waals surface area contributed by atoms with E-state index < -0.39 is 11.8 Å². The molecule has 5 heteroatoms. The van der Waals surface area contributed by atoms with E-state index in [1.807, 2.05) is 42.5 Å². The Labute approximate surface area is 157 Å². The largest absolute Gasteiger partial charge is 0.366 e. The van der Waals surface area contributed by atoms with E-state index >= 15 is 0 Å². The SMILES string of the molecule is NC(=O)c1cccc(-c2cccc(C(=O)N(O)CCc3ccccc3)c2)c1. The van der Waals surface area contributed by atoms with Crippen molar-refractivity contribution in [3.05, 3.63) is 95.6 Å². The highest BCUT2D eigenvalue weighted by Crippen LogP contribution is 2.22. The Morgan fingerprint density at radius 1 is 0.815 bits per heavy atom. The van der Waals surface area contributed by atoms with Crippen LogP contribution >= 0.6 is 0 Å². The molecule has 3 aromatic rings. The van der Waals surface area contributed by atoms with E-state index in [0.717, 1.165) is 21.8 Å². The minimum atomic E-state index is -0.508. The van der Waals surface area contributed by atoms with Crippen LogP contribution in [0.5, 0.6) is 0 Å². The summed E-state index contributed by atoms with van der Waals surface area (Å²) in [4.78, 5) is 23.9. The molecule has 3 N–H and O–H groups in total. The first-order valence-electron chi connectivity index (χ1n) is 8.59. The molecule has 0 aromatic heterocycles. The molecule has 136 valence electrons. The van der Waals surface area contributed by atoms with Gasteiger partial charge in [-0.3, -0.25) is 14.8 Å². The number of nitrogens with zero attached hydrogens (tertiary/aromatic N) is 1. The number of carbonyl (C=O) groups excluding carboxylic acids is 2. The van der Waals surface area contributed by atoms with Crippen LogP contribution in [0.2, 0.25) is 0 Å². The maximum Gasteiger partial charge on any atom is 0.277 e. The van der Waals surface area contributed by atoms with Gasteiger partial charge in [-0.1, -0.05) is 54.6 Å². The van der Waals surface area contributed by atoms with Gasteiger partial charge >= 0.3 is 0 Å². The van der Waals surface area contributed by atoms with Gasteiger partial charge in [0.1, 0.15) is 0 Å². The van der Waals surface area contributed by atoms with E-state index in [-0.39, 0.29) is 6.54 Å². The first-order valence-corrected chi connectivity index (χ1v) is 8.59. The molecule has 0 fully saturated rings. The van der Waals surface area contributed by atoms with Crippen LogP contribution in [0.25, 0.3) is 11.1 Å². The Morgan fingerprint density at radius 3 is 2.04 bits per heavy atom. The molecular weight excluding hydrogens is 340 g/mol. The molecule has 3 rings (SSSR count). The topological polar surface area (TPSA) is 83.6 Å². The highest BCUT2D eigenvalue weighted by molar-refractivity contribution is 5.96. The summed E-state index contributed by atoms with van der Waals surface area (Å²) in [6, 6.07) is 23.5. The zero-order valence-electron chi connectivity index (χ0n) is 14.7. The molecule has 0 atom stereocenters. The standard InChI is InChI=1S/C22H20N2O3/c23-21(25)19-10-4-8-17(14-19)18-9-5-11-20(15-18)22(26)24(27)13-12-16-6-2-1-3-7-16/h1-11,14-15,27H,12-13H2,(H2,23,25). The summed E-state index contributed by atoms with van der Waals surface area (Å²) in [5.74, 6) is -0.981. The molecule has 0 aliphatic rings. The van der Waals surface area contributed by atoms with E-state index in [1.54, 1.807) is 36.4 Å². The van der Waals surface area contributed by atoms with Gasteiger partial charge in [-0.2, -0.15) is 0 Å². The highest BCUT2D eigenvalue weighted by Gasteiger charge is 2.14. The molecule has 0 aliphatic carbocycles. The molecule has 0 bridgehead atoms. The summed E-state index contributed by atoms with van der Waals surface area (Å²) < 4.78 is 0. The number of hydrogen-bond donors (Lipinski definition) is 2. The molecule has 0 aliphatic heterocycles. The molecular formula is C22H20N2O3. The average molecular weight is 360 g/mol. The predicted octanol–water partition coefficient (Wildman–Crippen LogP) is 3.53. The number of rotatable bonds is 6. The fourth-order valence-electron chi connectivity index (χ4n) is 2.81. The lowest BCUT2D eigenvalue weighted by Crippen LogP contribution is -2.29. The first-order chi connectivity index (χ1) is 13.0. The van der Waals surface area contributed by atoms with Crippen molar-refractivity contribution < 1.29 is 14.8 Å². The van der Waals surface area contributed by atoms with Crippen LogP contribution in [0.15, 0.2) is 78.9 Å². The number of benzene rings is 3. The van der Waals surface area contributed by atoms with Gasteiger partial charge in [0.15, 0.2) is 0 Å². The third-order valence-electron chi connectivity index (χ3n) is 4.28. The third kappa shape index (κ3) is 4.59. The van der Waals surface area contributed by atoms with Crippen molar-refractivity contribution in [3.63, 3.8) is 0 Å². The second-order valence-corrected chi connectivity index (χ2v) is 6.19. The Hall–Kier alpha value is -3.44. The Kier molecular flexibility index (Phi) is 5.64. The average Bonchev–Trinajstić information content (AvgIpc) is 2.72. The van der Waals surface area contributed by atoms with Crippen molar-refractivity contribution in [2.75, 3.05) is 6.54 Å². The second kappa shape index (κ2) is 8.29. The van der Waals surface area contributed by atoms with Gasteiger partial charge in [-0.05, 0) is 47.4 Å². The number of primary amides is 1. The van der Waals surface area contributed by atoms with Gasteiger partial charge in [0.25, 0.3) is 5.91 Å². The van der Waals surface area contributed by atoms with Gasteiger partial charge in [-0.15, -0.1) is 0 Å². The number of carbonyl (C=O) groups is 2. The van der Waals surface area contributed by atoms with E-state index in [9.17, 15) is 14.8 Å². The molecule has 2 amide bonds. The summed E-state index contributed by atoms with van der Waals surface area (Å²) >= 11 is 0. The third-order valence-corrected chi connectivity index (χ3v) is 4.28. The van der Waals surface area contributed by atoms with Crippen LogP contribution < -0.4 is 5.73 Å². The predicted molar refractivity (Wildman–Crippen MR) is 103 cm³/mol. The smallest absolute Gasteiger partial charge is 0.277 e. The molecule has 0 saturated carbocycles. The number of amides is 2. The first kappa shape index (κ1) is 18.4. The molecule has 0 spiro atoms. The van der Waals surface area contributed by atoms with Crippen LogP contribution in [0, 0.1) is 0 Å². The van der Waals surface area contributed by atoms with Crippen molar-refractivity contribution in [3.8, 4) is 11.1 Å². The van der Waals surface area contributed by atoms with Crippen molar-refractivity contribution in [2.45, 2.75) is 6.42 Å². The van der Waals surface area contributed by atoms with E-state index in [0.29, 0.717) is 17.5 Å². The van der Waals surface area contributed by atoms with Crippen LogP contribution in [-0.4, -0.2) is 28.6 Å². The second-order valence-electron chi connectivity index (χ2n) is 6.19. The fourth-order valence-corrected chi connectivity index (χ4v) is 2.81. The summed E-state index contributed by atoms with van der Waals surface area (Å²) in [5.41, 5.74) is 8.67. The van der Waals surface area contributed by atoms with E-state index in [4.69, 9.17) is 5.73 Å². The molecule has 0 heterocycles.